The quantitative estimate of drug-likeness (QED) is 0.854. The van der Waals surface area contributed by atoms with Crippen molar-refractivity contribution in [1.82, 2.24) is 9.78 Å². The Morgan fingerprint density at radius 3 is 3.05 bits per heavy atom. The average Bonchev–Trinajstić information content (AvgIpc) is 2.90. The molecular weight excluding hydrogens is 310 g/mol. The molecule has 2 N–H and O–H groups in total. The van der Waals surface area contributed by atoms with Crippen LogP contribution in [0.5, 0.6) is 5.75 Å². The average molecular weight is 326 g/mol. The Balaban J connectivity index is 1.88. The lowest BCUT2D eigenvalue weighted by molar-refractivity contribution is 0.161. The molecule has 102 valence electrons. The Labute approximate surface area is 120 Å². The summed E-state index contributed by atoms with van der Waals surface area (Å²) in [6.07, 6.45) is 3.01. The van der Waals surface area contributed by atoms with Crippen molar-refractivity contribution in [3.63, 3.8) is 0 Å². The lowest BCUT2D eigenvalue weighted by atomic mass is 10.2. The molecule has 1 aromatic heterocycles. The molecule has 19 heavy (non-hydrogen) atoms. The summed E-state index contributed by atoms with van der Waals surface area (Å²) in [6, 6.07) is 7.54. The second-order valence-electron chi connectivity index (χ2n) is 4.11. The number of aromatic nitrogens is 2. The maximum Gasteiger partial charge on any atom is 0.135 e. The molecule has 0 aliphatic heterocycles. The summed E-state index contributed by atoms with van der Waals surface area (Å²) in [6.45, 7) is 0.915. The number of nitrogens with zero attached hydrogens (tertiary/aromatic N) is 2. The molecule has 1 atom stereocenters. The zero-order chi connectivity index (χ0) is 13.7. The van der Waals surface area contributed by atoms with E-state index < -0.39 is 6.10 Å². The first-order valence-corrected chi connectivity index (χ1v) is 6.71. The van der Waals surface area contributed by atoms with Crippen LogP contribution in [0.25, 0.3) is 0 Å². The van der Waals surface area contributed by atoms with E-state index in [0.717, 1.165) is 15.9 Å². The minimum Gasteiger partial charge on any atom is -0.495 e. The van der Waals surface area contributed by atoms with Gasteiger partial charge >= 0.3 is 0 Å². The van der Waals surface area contributed by atoms with Crippen LogP contribution >= 0.6 is 15.9 Å². The number of aliphatic hydroxyl groups excluding tert-OH is 1. The summed E-state index contributed by atoms with van der Waals surface area (Å²) in [4.78, 5) is 0. The minimum absolute atomic E-state index is 0.449. The number of aliphatic hydroxyl groups is 1. The number of hydrogen-bond acceptors (Lipinski definition) is 4. The van der Waals surface area contributed by atoms with Crippen molar-refractivity contribution in [3.8, 4) is 5.75 Å². The van der Waals surface area contributed by atoms with Gasteiger partial charge in [-0.2, -0.15) is 5.10 Å². The Hall–Kier alpha value is -1.53. The molecule has 0 bridgehead atoms. The molecule has 1 aromatic carbocycles. The van der Waals surface area contributed by atoms with Crippen molar-refractivity contribution in [1.29, 1.82) is 0 Å². The number of anilines is 1. The van der Waals surface area contributed by atoms with Gasteiger partial charge in [-0.15, -0.1) is 0 Å². The van der Waals surface area contributed by atoms with Gasteiger partial charge in [-0.1, -0.05) is 0 Å². The van der Waals surface area contributed by atoms with E-state index in [-0.39, 0.29) is 0 Å². The zero-order valence-electron chi connectivity index (χ0n) is 10.6. The van der Waals surface area contributed by atoms with Gasteiger partial charge in [0.25, 0.3) is 0 Å². The molecule has 0 spiro atoms. The summed E-state index contributed by atoms with van der Waals surface area (Å²) in [7, 11) is 1.62. The van der Waals surface area contributed by atoms with E-state index >= 15 is 0 Å². The Morgan fingerprint density at radius 1 is 1.53 bits per heavy atom. The minimum atomic E-state index is -0.505. The fraction of sp³-hybridized carbons (Fsp3) is 0.308. The highest BCUT2D eigenvalue weighted by Gasteiger charge is 2.06. The SMILES string of the molecule is COc1cc(NCC(O)Cn2cccn2)ccc1Br. The van der Waals surface area contributed by atoms with Gasteiger partial charge in [-0.05, 0) is 34.1 Å². The van der Waals surface area contributed by atoms with E-state index in [2.05, 4.69) is 26.3 Å². The molecule has 2 rings (SSSR count). The van der Waals surface area contributed by atoms with E-state index in [0.29, 0.717) is 13.1 Å². The van der Waals surface area contributed by atoms with Gasteiger partial charge in [-0.25, -0.2) is 0 Å². The van der Waals surface area contributed by atoms with Gasteiger partial charge in [-0.3, -0.25) is 4.68 Å². The molecule has 2 aromatic rings. The van der Waals surface area contributed by atoms with Gasteiger partial charge in [0.05, 0.1) is 24.2 Å². The molecule has 0 radical (unpaired) electrons. The van der Waals surface area contributed by atoms with E-state index in [1.54, 1.807) is 18.0 Å². The van der Waals surface area contributed by atoms with E-state index in [1.165, 1.54) is 0 Å². The van der Waals surface area contributed by atoms with Gasteiger partial charge in [0.2, 0.25) is 0 Å². The number of nitrogens with one attached hydrogen (secondary N) is 1. The third-order valence-electron chi connectivity index (χ3n) is 2.65. The van der Waals surface area contributed by atoms with Crippen LogP contribution in [0.2, 0.25) is 0 Å². The summed E-state index contributed by atoms with van der Waals surface area (Å²) in [5, 5.41) is 17.1. The van der Waals surface area contributed by atoms with E-state index in [4.69, 9.17) is 4.74 Å². The van der Waals surface area contributed by atoms with E-state index in [9.17, 15) is 5.11 Å². The molecule has 1 heterocycles. The number of benzene rings is 1. The normalized spacial score (nSPS) is 12.2. The Morgan fingerprint density at radius 2 is 2.37 bits per heavy atom. The van der Waals surface area contributed by atoms with Gasteiger partial charge in [0, 0.05) is 30.7 Å². The molecular formula is C13H16BrN3O2. The highest BCUT2D eigenvalue weighted by atomic mass is 79.9. The molecule has 6 heteroatoms. The molecule has 0 amide bonds. The molecule has 5 nitrogen and oxygen atoms in total. The topological polar surface area (TPSA) is 59.3 Å². The van der Waals surface area contributed by atoms with Gasteiger partial charge in [0.1, 0.15) is 5.75 Å². The maximum absolute atomic E-state index is 9.90. The lowest BCUT2D eigenvalue weighted by Crippen LogP contribution is -2.25. The Kier molecular flexibility index (Phi) is 4.81. The number of methoxy groups -OCH3 is 1. The molecule has 0 aliphatic carbocycles. The predicted octanol–water partition coefficient (Wildman–Crippen LogP) is 2.13. The molecule has 1 unspecified atom stereocenters. The first-order valence-electron chi connectivity index (χ1n) is 5.92. The molecule has 0 fully saturated rings. The summed E-state index contributed by atoms with van der Waals surface area (Å²) in [5.41, 5.74) is 0.902. The zero-order valence-corrected chi connectivity index (χ0v) is 12.2. The number of halogens is 1. The molecule has 0 saturated carbocycles. The summed E-state index contributed by atoms with van der Waals surface area (Å²) < 4.78 is 7.82. The van der Waals surface area contributed by atoms with E-state index in [1.807, 2.05) is 30.5 Å². The highest BCUT2D eigenvalue weighted by Crippen LogP contribution is 2.27. The molecule has 0 saturated heterocycles. The van der Waals surface area contributed by atoms with Crippen LogP contribution in [-0.2, 0) is 6.54 Å². The third kappa shape index (κ3) is 3.97. The third-order valence-corrected chi connectivity index (χ3v) is 3.31. The summed E-state index contributed by atoms with van der Waals surface area (Å²) in [5.74, 6) is 0.756. The Bertz CT molecular complexity index is 517. The van der Waals surface area contributed by atoms with Crippen LogP contribution < -0.4 is 10.1 Å². The smallest absolute Gasteiger partial charge is 0.135 e. The fourth-order valence-corrected chi connectivity index (χ4v) is 2.10. The lowest BCUT2D eigenvalue weighted by Gasteiger charge is -2.14. The van der Waals surface area contributed by atoms with Crippen LogP contribution in [-0.4, -0.2) is 34.6 Å². The van der Waals surface area contributed by atoms with Crippen LogP contribution in [0, 0.1) is 0 Å². The van der Waals surface area contributed by atoms with Crippen LogP contribution in [0.1, 0.15) is 0 Å². The second kappa shape index (κ2) is 6.58. The monoisotopic (exact) mass is 325 g/mol. The summed E-state index contributed by atoms with van der Waals surface area (Å²) >= 11 is 3.40. The fourth-order valence-electron chi connectivity index (χ4n) is 1.69. The van der Waals surface area contributed by atoms with Crippen molar-refractivity contribution in [2.45, 2.75) is 12.6 Å². The first-order chi connectivity index (χ1) is 9.19. The van der Waals surface area contributed by atoms with Crippen LogP contribution in [0.4, 0.5) is 5.69 Å². The van der Waals surface area contributed by atoms with Crippen molar-refractivity contribution in [3.05, 3.63) is 41.1 Å². The number of ether oxygens (including phenoxy) is 1. The number of hydrogen-bond donors (Lipinski definition) is 2. The van der Waals surface area contributed by atoms with Crippen molar-refractivity contribution >= 4 is 21.6 Å². The second-order valence-corrected chi connectivity index (χ2v) is 4.97. The number of rotatable bonds is 6. The maximum atomic E-state index is 9.90. The standard InChI is InChI=1S/C13H16BrN3O2/c1-19-13-7-10(3-4-12(13)14)15-8-11(18)9-17-6-2-5-16-17/h2-7,11,15,18H,8-9H2,1H3. The van der Waals surface area contributed by atoms with Crippen LogP contribution in [0.15, 0.2) is 41.1 Å². The largest absolute Gasteiger partial charge is 0.495 e. The van der Waals surface area contributed by atoms with Gasteiger partial charge in [0.15, 0.2) is 0 Å². The predicted molar refractivity (Wildman–Crippen MR) is 77.4 cm³/mol. The van der Waals surface area contributed by atoms with Crippen molar-refractivity contribution in [2.75, 3.05) is 19.0 Å². The van der Waals surface area contributed by atoms with Crippen molar-refractivity contribution in [2.24, 2.45) is 0 Å². The van der Waals surface area contributed by atoms with Crippen LogP contribution in [0.3, 0.4) is 0 Å². The first kappa shape index (κ1) is 13.9. The molecule has 0 aliphatic rings. The van der Waals surface area contributed by atoms with Gasteiger partial charge < -0.3 is 15.2 Å². The highest BCUT2D eigenvalue weighted by molar-refractivity contribution is 9.10. The van der Waals surface area contributed by atoms with Crippen molar-refractivity contribution < 1.29 is 9.84 Å².